The van der Waals surface area contributed by atoms with Crippen molar-refractivity contribution in [3.8, 4) is 11.3 Å². The molecular formula is C18H14BrN3OS. The minimum atomic E-state index is -0.118. The van der Waals surface area contributed by atoms with Gasteiger partial charge >= 0.3 is 0 Å². The van der Waals surface area contributed by atoms with Crippen LogP contribution in [0.3, 0.4) is 0 Å². The Labute approximate surface area is 152 Å². The van der Waals surface area contributed by atoms with E-state index >= 15 is 0 Å². The van der Waals surface area contributed by atoms with E-state index in [1.54, 1.807) is 23.9 Å². The Morgan fingerprint density at radius 2 is 1.88 bits per heavy atom. The fourth-order valence-corrected chi connectivity index (χ4v) is 3.79. The molecule has 0 atom stereocenters. The molecule has 0 fully saturated rings. The third-order valence-electron chi connectivity index (χ3n) is 3.85. The summed E-state index contributed by atoms with van der Waals surface area (Å²) in [6.45, 7) is 1.02. The first-order valence-electron chi connectivity index (χ1n) is 7.56. The van der Waals surface area contributed by atoms with Crippen LogP contribution in [0.25, 0.3) is 11.3 Å². The molecule has 2 heterocycles. The Balaban J connectivity index is 1.49. The number of aryl methyl sites for hydroxylation is 1. The van der Waals surface area contributed by atoms with Gasteiger partial charge in [0.05, 0.1) is 5.69 Å². The number of thioether (sulfide) groups is 1. The van der Waals surface area contributed by atoms with Gasteiger partial charge in [-0.25, -0.2) is 4.98 Å². The Hall–Kier alpha value is -2.05. The maximum absolute atomic E-state index is 12.2. The van der Waals surface area contributed by atoms with Crippen LogP contribution in [0.15, 0.2) is 64.4 Å². The molecule has 6 heteroatoms. The van der Waals surface area contributed by atoms with Crippen molar-refractivity contribution in [2.45, 2.75) is 11.7 Å². The Kier molecular flexibility index (Phi) is 4.16. The molecule has 0 saturated carbocycles. The van der Waals surface area contributed by atoms with E-state index in [9.17, 15) is 4.79 Å². The van der Waals surface area contributed by atoms with E-state index < -0.39 is 0 Å². The third kappa shape index (κ3) is 3.12. The number of rotatable bonds is 3. The standard InChI is InChI=1S/C18H14BrN3OS/c19-14-5-1-13(2-6-14)17(23)20-15-7-3-12(4-8-15)16-11-22-9-10-24-18(22)21-16/h1-8,11H,9-10H2,(H,20,23). The quantitative estimate of drug-likeness (QED) is 0.695. The number of carbonyl (C=O) groups excluding carboxylic acids is 1. The summed E-state index contributed by atoms with van der Waals surface area (Å²) in [5.74, 6) is 0.983. The molecule has 0 spiro atoms. The highest BCUT2D eigenvalue weighted by Crippen LogP contribution is 2.29. The van der Waals surface area contributed by atoms with Crippen LogP contribution in [-0.4, -0.2) is 21.2 Å². The summed E-state index contributed by atoms with van der Waals surface area (Å²) in [5.41, 5.74) is 3.43. The molecule has 1 aliphatic rings. The Morgan fingerprint density at radius 3 is 2.58 bits per heavy atom. The fraction of sp³-hybridized carbons (Fsp3) is 0.111. The minimum absolute atomic E-state index is 0.118. The molecule has 0 aliphatic carbocycles. The maximum atomic E-state index is 12.2. The zero-order valence-electron chi connectivity index (χ0n) is 12.7. The van der Waals surface area contributed by atoms with Gasteiger partial charge in [0.15, 0.2) is 5.16 Å². The van der Waals surface area contributed by atoms with Crippen LogP contribution in [0, 0.1) is 0 Å². The van der Waals surface area contributed by atoms with Gasteiger partial charge in [0.2, 0.25) is 0 Å². The molecular weight excluding hydrogens is 386 g/mol. The van der Waals surface area contributed by atoms with Crippen LogP contribution in [0.2, 0.25) is 0 Å². The van der Waals surface area contributed by atoms with Gasteiger partial charge in [-0.05, 0) is 36.4 Å². The van der Waals surface area contributed by atoms with Crippen molar-refractivity contribution in [3.05, 3.63) is 64.8 Å². The van der Waals surface area contributed by atoms with Gasteiger partial charge in [0.1, 0.15) is 0 Å². The first kappa shape index (κ1) is 15.5. The summed E-state index contributed by atoms with van der Waals surface area (Å²) < 4.78 is 3.14. The summed E-state index contributed by atoms with van der Waals surface area (Å²) >= 11 is 5.15. The van der Waals surface area contributed by atoms with Crippen molar-refractivity contribution in [2.75, 3.05) is 11.1 Å². The highest BCUT2D eigenvalue weighted by molar-refractivity contribution is 9.10. The molecule has 120 valence electrons. The summed E-state index contributed by atoms with van der Waals surface area (Å²) in [4.78, 5) is 16.9. The lowest BCUT2D eigenvalue weighted by Gasteiger charge is -2.06. The predicted molar refractivity (Wildman–Crippen MR) is 100 cm³/mol. The second-order valence-electron chi connectivity index (χ2n) is 5.49. The molecule has 0 saturated heterocycles. The monoisotopic (exact) mass is 399 g/mol. The number of anilines is 1. The molecule has 1 aliphatic heterocycles. The zero-order valence-corrected chi connectivity index (χ0v) is 15.1. The number of amides is 1. The first-order chi connectivity index (χ1) is 11.7. The number of aromatic nitrogens is 2. The van der Waals surface area contributed by atoms with Gasteiger partial charge < -0.3 is 9.88 Å². The van der Waals surface area contributed by atoms with E-state index in [1.807, 2.05) is 36.4 Å². The second-order valence-corrected chi connectivity index (χ2v) is 7.47. The third-order valence-corrected chi connectivity index (χ3v) is 5.35. The van der Waals surface area contributed by atoms with Gasteiger partial charge in [0.25, 0.3) is 5.91 Å². The molecule has 2 aromatic carbocycles. The van der Waals surface area contributed by atoms with Crippen LogP contribution in [-0.2, 0) is 6.54 Å². The Morgan fingerprint density at radius 1 is 1.12 bits per heavy atom. The van der Waals surface area contributed by atoms with Crippen LogP contribution in [0.4, 0.5) is 5.69 Å². The summed E-state index contributed by atoms with van der Waals surface area (Å²) in [6.07, 6.45) is 2.09. The Bertz CT molecular complexity index is 866. The lowest BCUT2D eigenvalue weighted by atomic mass is 10.1. The van der Waals surface area contributed by atoms with E-state index in [2.05, 4.69) is 37.0 Å². The van der Waals surface area contributed by atoms with Gasteiger partial charge in [-0.3, -0.25) is 4.79 Å². The molecule has 0 unspecified atom stereocenters. The molecule has 3 aromatic rings. The highest BCUT2D eigenvalue weighted by Gasteiger charge is 2.15. The maximum Gasteiger partial charge on any atom is 0.255 e. The minimum Gasteiger partial charge on any atom is -0.325 e. The number of fused-ring (bicyclic) bond motifs is 1. The van der Waals surface area contributed by atoms with Crippen molar-refractivity contribution in [2.24, 2.45) is 0 Å². The van der Waals surface area contributed by atoms with E-state index in [-0.39, 0.29) is 5.91 Å². The SMILES string of the molecule is O=C(Nc1ccc(-c2cn3c(n2)SCC3)cc1)c1ccc(Br)cc1. The van der Waals surface area contributed by atoms with Gasteiger partial charge in [-0.2, -0.15) is 0 Å². The van der Waals surface area contributed by atoms with Gasteiger partial charge in [-0.1, -0.05) is 39.8 Å². The number of hydrogen-bond acceptors (Lipinski definition) is 3. The second kappa shape index (κ2) is 6.45. The molecule has 4 rings (SSSR count). The topological polar surface area (TPSA) is 46.9 Å². The number of imidazole rings is 1. The first-order valence-corrected chi connectivity index (χ1v) is 9.34. The summed E-state index contributed by atoms with van der Waals surface area (Å²) in [5, 5.41) is 3.99. The van der Waals surface area contributed by atoms with Gasteiger partial charge in [-0.15, -0.1) is 0 Å². The van der Waals surface area contributed by atoms with Crippen molar-refractivity contribution in [1.29, 1.82) is 0 Å². The summed E-state index contributed by atoms with van der Waals surface area (Å²) in [6, 6.07) is 15.1. The lowest BCUT2D eigenvalue weighted by molar-refractivity contribution is 0.102. The smallest absolute Gasteiger partial charge is 0.255 e. The largest absolute Gasteiger partial charge is 0.325 e. The van der Waals surface area contributed by atoms with Crippen LogP contribution < -0.4 is 5.32 Å². The number of hydrogen-bond donors (Lipinski definition) is 1. The molecule has 24 heavy (non-hydrogen) atoms. The van der Waals surface area contributed by atoms with E-state index in [1.165, 1.54) is 0 Å². The van der Waals surface area contributed by atoms with E-state index in [4.69, 9.17) is 0 Å². The van der Waals surface area contributed by atoms with Crippen molar-refractivity contribution >= 4 is 39.3 Å². The average Bonchev–Trinajstić information content (AvgIpc) is 3.18. The number of halogens is 1. The van der Waals surface area contributed by atoms with E-state index in [0.29, 0.717) is 5.56 Å². The molecule has 1 N–H and O–H groups in total. The number of nitrogens with one attached hydrogen (secondary N) is 1. The molecule has 0 bridgehead atoms. The molecule has 0 radical (unpaired) electrons. The van der Waals surface area contributed by atoms with Crippen molar-refractivity contribution in [1.82, 2.24) is 9.55 Å². The number of benzene rings is 2. The predicted octanol–water partition coefficient (Wildman–Crippen LogP) is 4.67. The molecule has 1 amide bonds. The fourth-order valence-electron chi connectivity index (χ4n) is 2.58. The number of nitrogens with zero attached hydrogens (tertiary/aromatic N) is 2. The van der Waals surface area contributed by atoms with Crippen LogP contribution in [0.5, 0.6) is 0 Å². The molecule has 4 nitrogen and oxygen atoms in total. The highest BCUT2D eigenvalue weighted by atomic mass is 79.9. The van der Waals surface area contributed by atoms with Gasteiger partial charge in [0, 0.05) is 39.8 Å². The summed E-state index contributed by atoms with van der Waals surface area (Å²) in [7, 11) is 0. The van der Waals surface area contributed by atoms with Crippen molar-refractivity contribution < 1.29 is 4.79 Å². The zero-order chi connectivity index (χ0) is 16.5. The number of carbonyl (C=O) groups is 1. The van der Waals surface area contributed by atoms with E-state index in [0.717, 1.165) is 38.9 Å². The molecule has 1 aromatic heterocycles. The lowest BCUT2D eigenvalue weighted by Crippen LogP contribution is -2.11. The van der Waals surface area contributed by atoms with Crippen molar-refractivity contribution in [3.63, 3.8) is 0 Å². The van der Waals surface area contributed by atoms with Crippen LogP contribution >= 0.6 is 27.7 Å². The average molecular weight is 400 g/mol. The van der Waals surface area contributed by atoms with Crippen LogP contribution in [0.1, 0.15) is 10.4 Å². The normalized spacial score (nSPS) is 12.9.